The molecule has 1 rings (SSSR count). The number of alkyl halides is 4. The molecule has 18 heavy (non-hydrogen) atoms. The molecular weight excluding hydrogens is 265 g/mol. The summed E-state index contributed by atoms with van der Waals surface area (Å²) >= 11 is 5.66. The lowest BCUT2D eigenvalue weighted by Gasteiger charge is -2.23. The van der Waals surface area contributed by atoms with Gasteiger partial charge in [0.25, 0.3) is 0 Å². The van der Waals surface area contributed by atoms with Crippen molar-refractivity contribution in [3.05, 3.63) is 23.9 Å². The van der Waals surface area contributed by atoms with Crippen molar-refractivity contribution in [1.29, 1.82) is 0 Å². The second-order valence-corrected chi connectivity index (χ2v) is 4.31. The molecule has 0 aliphatic rings. The smallest absolute Gasteiger partial charge is 0.355 e. The number of halogens is 4. The third kappa shape index (κ3) is 4.37. The Labute approximate surface area is 110 Å². The monoisotopic (exact) mass is 280 g/mol. The second kappa shape index (κ2) is 6.83. The molecule has 0 bridgehead atoms. The number of unbranched alkanes of at least 4 members (excludes halogenated alkanes) is 1. The van der Waals surface area contributed by atoms with E-state index in [1.165, 1.54) is 6.20 Å². The van der Waals surface area contributed by atoms with E-state index in [2.05, 4.69) is 4.98 Å². The van der Waals surface area contributed by atoms with Gasteiger partial charge in [0.05, 0.1) is 5.56 Å². The molecule has 1 heterocycles. The van der Waals surface area contributed by atoms with Crippen LogP contribution in [0.5, 0.6) is 0 Å². The third-order valence-electron chi connectivity index (χ3n) is 2.53. The Balaban J connectivity index is 2.90. The van der Waals surface area contributed by atoms with Gasteiger partial charge in [-0.2, -0.15) is 13.2 Å². The van der Waals surface area contributed by atoms with Crippen LogP contribution >= 0.6 is 11.6 Å². The minimum atomic E-state index is -4.34. The molecule has 0 radical (unpaired) electrons. The van der Waals surface area contributed by atoms with Crippen LogP contribution in [0, 0.1) is 0 Å². The number of hydrogen-bond donors (Lipinski definition) is 0. The maximum absolute atomic E-state index is 12.6. The highest BCUT2D eigenvalue weighted by molar-refractivity contribution is 6.18. The standard InChI is InChI=1S/C12H16ClF3N2/c1-2-3-7-18(8-5-13)11-9-10(4-6-17-11)12(14,15)16/h4,6,9H,2-3,5,7-8H2,1H3. The summed E-state index contributed by atoms with van der Waals surface area (Å²) < 4.78 is 37.8. The fraction of sp³-hybridized carbons (Fsp3) is 0.583. The number of anilines is 1. The quantitative estimate of drug-likeness (QED) is 0.734. The lowest BCUT2D eigenvalue weighted by atomic mass is 10.2. The van der Waals surface area contributed by atoms with E-state index in [0.29, 0.717) is 24.8 Å². The van der Waals surface area contributed by atoms with Crippen LogP contribution in [0.2, 0.25) is 0 Å². The molecule has 102 valence electrons. The normalized spacial score (nSPS) is 11.6. The average molecular weight is 281 g/mol. The first kappa shape index (κ1) is 15.1. The van der Waals surface area contributed by atoms with Crippen molar-refractivity contribution in [2.75, 3.05) is 23.9 Å². The van der Waals surface area contributed by atoms with Crippen LogP contribution in [-0.2, 0) is 6.18 Å². The van der Waals surface area contributed by atoms with E-state index in [1.54, 1.807) is 4.90 Å². The van der Waals surface area contributed by atoms with Gasteiger partial charge in [0.15, 0.2) is 0 Å². The number of pyridine rings is 1. The summed E-state index contributed by atoms with van der Waals surface area (Å²) in [6.07, 6.45) is -1.28. The molecule has 0 N–H and O–H groups in total. The fourth-order valence-corrected chi connectivity index (χ4v) is 1.76. The highest BCUT2D eigenvalue weighted by atomic mass is 35.5. The van der Waals surface area contributed by atoms with Crippen molar-refractivity contribution in [2.45, 2.75) is 25.9 Å². The maximum atomic E-state index is 12.6. The fourth-order valence-electron chi connectivity index (χ4n) is 1.56. The Bertz CT molecular complexity index is 369. The lowest BCUT2D eigenvalue weighted by molar-refractivity contribution is -0.137. The number of hydrogen-bond acceptors (Lipinski definition) is 2. The Morgan fingerprint density at radius 3 is 2.61 bits per heavy atom. The number of nitrogens with zero attached hydrogens (tertiary/aromatic N) is 2. The zero-order valence-electron chi connectivity index (χ0n) is 10.2. The molecule has 1 aromatic rings. The first-order valence-electron chi connectivity index (χ1n) is 5.83. The molecule has 0 aromatic carbocycles. The highest BCUT2D eigenvalue weighted by Crippen LogP contribution is 2.30. The van der Waals surface area contributed by atoms with Gasteiger partial charge < -0.3 is 4.90 Å². The molecule has 0 saturated carbocycles. The van der Waals surface area contributed by atoms with Gasteiger partial charge in [0.2, 0.25) is 0 Å². The van der Waals surface area contributed by atoms with Gasteiger partial charge in [-0.15, -0.1) is 11.6 Å². The molecule has 2 nitrogen and oxygen atoms in total. The number of rotatable bonds is 6. The van der Waals surface area contributed by atoms with Gasteiger partial charge >= 0.3 is 6.18 Å². The average Bonchev–Trinajstić information content (AvgIpc) is 2.33. The lowest BCUT2D eigenvalue weighted by Crippen LogP contribution is -2.27. The third-order valence-corrected chi connectivity index (χ3v) is 2.70. The first-order chi connectivity index (χ1) is 8.49. The van der Waals surface area contributed by atoms with E-state index in [-0.39, 0.29) is 0 Å². The van der Waals surface area contributed by atoms with E-state index in [9.17, 15) is 13.2 Å². The van der Waals surface area contributed by atoms with Crippen molar-refractivity contribution < 1.29 is 13.2 Å². The molecule has 0 aliphatic carbocycles. The molecule has 0 unspecified atom stereocenters. The van der Waals surface area contributed by atoms with Crippen LogP contribution < -0.4 is 4.90 Å². The van der Waals surface area contributed by atoms with Crippen molar-refractivity contribution in [1.82, 2.24) is 4.98 Å². The van der Waals surface area contributed by atoms with Gasteiger partial charge in [-0.25, -0.2) is 4.98 Å². The Morgan fingerprint density at radius 2 is 2.06 bits per heavy atom. The van der Waals surface area contributed by atoms with Crippen molar-refractivity contribution in [3.8, 4) is 0 Å². The Hall–Kier alpha value is -0.970. The van der Waals surface area contributed by atoms with Crippen LogP contribution in [0.3, 0.4) is 0 Å². The predicted octanol–water partition coefficient (Wildman–Crippen LogP) is 3.95. The minimum Gasteiger partial charge on any atom is -0.355 e. The topological polar surface area (TPSA) is 16.1 Å². The van der Waals surface area contributed by atoms with E-state index >= 15 is 0 Å². The summed E-state index contributed by atoms with van der Waals surface area (Å²) in [6.45, 7) is 3.19. The molecule has 0 fully saturated rings. The van der Waals surface area contributed by atoms with E-state index in [0.717, 1.165) is 25.0 Å². The molecular formula is C12H16ClF3N2. The Morgan fingerprint density at radius 1 is 1.33 bits per heavy atom. The summed E-state index contributed by atoms with van der Waals surface area (Å²) in [5.74, 6) is 0.695. The first-order valence-corrected chi connectivity index (χ1v) is 6.36. The summed E-state index contributed by atoms with van der Waals surface area (Å²) in [7, 11) is 0. The van der Waals surface area contributed by atoms with Crippen molar-refractivity contribution in [3.63, 3.8) is 0 Å². The Kier molecular flexibility index (Phi) is 5.72. The molecule has 0 amide bonds. The summed E-state index contributed by atoms with van der Waals surface area (Å²) in [5, 5.41) is 0. The van der Waals surface area contributed by atoms with Gasteiger partial charge in [-0.3, -0.25) is 0 Å². The molecule has 0 saturated heterocycles. The van der Waals surface area contributed by atoms with E-state index < -0.39 is 11.7 Å². The molecule has 0 atom stereocenters. The van der Waals surface area contributed by atoms with E-state index in [1.807, 2.05) is 6.92 Å². The number of aromatic nitrogens is 1. The van der Waals surface area contributed by atoms with Crippen LogP contribution in [-0.4, -0.2) is 24.0 Å². The van der Waals surface area contributed by atoms with Gasteiger partial charge in [0.1, 0.15) is 5.82 Å². The van der Waals surface area contributed by atoms with Crippen molar-refractivity contribution >= 4 is 17.4 Å². The second-order valence-electron chi connectivity index (χ2n) is 3.93. The predicted molar refractivity (Wildman–Crippen MR) is 67.1 cm³/mol. The summed E-state index contributed by atoms with van der Waals surface area (Å²) in [4.78, 5) is 5.78. The summed E-state index contributed by atoms with van der Waals surface area (Å²) in [5.41, 5.74) is -0.677. The summed E-state index contributed by atoms with van der Waals surface area (Å²) in [6, 6.07) is 2.05. The zero-order chi connectivity index (χ0) is 13.6. The van der Waals surface area contributed by atoms with Crippen LogP contribution in [0.15, 0.2) is 18.3 Å². The van der Waals surface area contributed by atoms with Crippen molar-refractivity contribution in [2.24, 2.45) is 0 Å². The zero-order valence-corrected chi connectivity index (χ0v) is 10.9. The molecule has 1 aromatic heterocycles. The van der Waals surface area contributed by atoms with Gasteiger partial charge in [-0.05, 0) is 18.6 Å². The van der Waals surface area contributed by atoms with Crippen LogP contribution in [0.25, 0.3) is 0 Å². The highest BCUT2D eigenvalue weighted by Gasteiger charge is 2.31. The van der Waals surface area contributed by atoms with E-state index in [4.69, 9.17) is 11.6 Å². The van der Waals surface area contributed by atoms with Crippen LogP contribution in [0.4, 0.5) is 19.0 Å². The maximum Gasteiger partial charge on any atom is 0.416 e. The largest absolute Gasteiger partial charge is 0.416 e. The molecule has 0 spiro atoms. The molecule has 6 heteroatoms. The van der Waals surface area contributed by atoms with Gasteiger partial charge in [-0.1, -0.05) is 13.3 Å². The molecule has 0 aliphatic heterocycles. The SMILES string of the molecule is CCCCN(CCCl)c1cc(C(F)(F)F)ccn1. The minimum absolute atomic E-state index is 0.332. The van der Waals surface area contributed by atoms with Gasteiger partial charge in [0, 0.05) is 25.2 Å². The van der Waals surface area contributed by atoms with Crippen LogP contribution in [0.1, 0.15) is 25.3 Å².